The standard InChI is InChI=1S/C21H24Cl2N4O5/c1-24(20(28)13-16-12-17(22)7-8-21(16,23)27(31)32)19(14-25-9-2-3-10-25)15-5-4-6-18(11-15)26(29)30/h4-8,11-12,16,19H,2-3,9-10,13-14H2,1H3/t16?,19-,21?/m1/s1. The van der Waals surface area contributed by atoms with Crippen molar-refractivity contribution < 1.29 is 14.6 Å². The van der Waals surface area contributed by atoms with Crippen molar-refractivity contribution in [2.75, 3.05) is 26.7 Å². The third kappa shape index (κ3) is 5.28. The third-order valence-electron chi connectivity index (χ3n) is 5.99. The van der Waals surface area contributed by atoms with Crippen molar-refractivity contribution in [3.63, 3.8) is 0 Å². The second kappa shape index (κ2) is 9.97. The van der Waals surface area contributed by atoms with Crippen LogP contribution >= 0.6 is 23.2 Å². The number of carbonyl (C=O) groups is 1. The first kappa shape index (κ1) is 24.2. The summed E-state index contributed by atoms with van der Waals surface area (Å²) in [4.78, 5) is 36.7. The van der Waals surface area contributed by atoms with E-state index in [1.165, 1.54) is 35.3 Å². The van der Waals surface area contributed by atoms with Crippen LogP contribution in [0.2, 0.25) is 0 Å². The van der Waals surface area contributed by atoms with Crippen molar-refractivity contribution in [3.05, 3.63) is 73.3 Å². The van der Waals surface area contributed by atoms with Gasteiger partial charge in [-0.15, -0.1) is 0 Å². The van der Waals surface area contributed by atoms with Crippen molar-refractivity contribution in [2.45, 2.75) is 30.3 Å². The Hall–Kier alpha value is -2.49. The Kier molecular flexibility index (Phi) is 7.53. The molecule has 1 fully saturated rings. The first-order chi connectivity index (χ1) is 15.1. The number of rotatable bonds is 8. The number of likely N-dealkylation sites (tertiary alicyclic amines) is 1. The molecule has 172 valence electrons. The van der Waals surface area contributed by atoms with Crippen molar-refractivity contribution >= 4 is 34.8 Å². The largest absolute Gasteiger partial charge is 0.337 e. The van der Waals surface area contributed by atoms with E-state index in [4.69, 9.17) is 23.2 Å². The van der Waals surface area contributed by atoms with E-state index in [2.05, 4.69) is 4.90 Å². The van der Waals surface area contributed by atoms with Gasteiger partial charge in [-0.1, -0.05) is 29.8 Å². The highest BCUT2D eigenvalue weighted by molar-refractivity contribution is 6.32. The summed E-state index contributed by atoms with van der Waals surface area (Å²) in [6.45, 7) is 2.27. The summed E-state index contributed by atoms with van der Waals surface area (Å²) < 4.78 is 0. The van der Waals surface area contributed by atoms with Gasteiger partial charge in [-0.3, -0.25) is 25.0 Å². The van der Waals surface area contributed by atoms with Gasteiger partial charge in [0.05, 0.1) is 16.9 Å². The topological polar surface area (TPSA) is 110 Å². The highest BCUT2D eigenvalue weighted by Crippen LogP contribution is 2.38. The molecule has 0 spiro atoms. The van der Waals surface area contributed by atoms with Gasteiger partial charge in [-0.25, -0.2) is 0 Å². The molecule has 0 aromatic heterocycles. The molecule has 1 saturated heterocycles. The molecule has 0 saturated carbocycles. The van der Waals surface area contributed by atoms with Crippen molar-refractivity contribution in [3.8, 4) is 0 Å². The molecule has 11 heteroatoms. The maximum atomic E-state index is 13.2. The Labute approximate surface area is 195 Å². The monoisotopic (exact) mass is 482 g/mol. The van der Waals surface area contributed by atoms with Gasteiger partial charge >= 0.3 is 5.00 Å². The van der Waals surface area contributed by atoms with E-state index in [-0.39, 0.29) is 23.0 Å². The molecule has 9 nitrogen and oxygen atoms in total. The van der Waals surface area contributed by atoms with Crippen LogP contribution in [-0.2, 0) is 4.79 Å². The van der Waals surface area contributed by atoms with Gasteiger partial charge in [0.25, 0.3) is 5.69 Å². The van der Waals surface area contributed by atoms with Gasteiger partial charge in [0.2, 0.25) is 5.91 Å². The first-order valence-electron chi connectivity index (χ1n) is 10.2. The third-order valence-corrected chi connectivity index (χ3v) is 6.78. The zero-order valence-electron chi connectivity index (χ0n) is 17.5. The van der Waals surface area contributed by atoms with E-state index in [1.54, 1.807) is 19.2 Å². The average Bonchev–Trinajstić information content (AvgIpc) is 3.27. The number of benzene rings is 1. The second-order valence-corrected chi connectivity index (χ2v) is 9.10. The molecule has 0 bridgehead atoms. The molecule has 0 N–H and O–H groups in total. The molecule has 2 unspecified atom stereocenters. The summed E-state index contributed by atoms with van der Waals surface area (Å²) in [7, 11) is 1.61. The Morgan fingerprint density at radius 1 is 1.31 bits per heavy atom. The lowest BCUT2D eigenvalue weighted by Crippen LogP contribution is -2.43. The lowest BCUT2D eigenvalue weighted by atomic mass is 9.90. The number of alkyl halides is 1. The number of carbonyl (C=O) groups excluding carboxylic acids is 1. The number of nitrogens with zero attached hydrogens (tertiary/aromatic N) is 4. The van der Waals surface area contributed by atoms with Crippen LogP contribution in [0.4, 0.5) is 5.69 Å². The minimum atomic E-state index is -1.97. The summed E-state index contributed by atoms with van der Waals surface area (Å²) in [6.07, 6.45) is 5.83. The average molecular weight is 483 g/mol. The molecule has 3 atom stereocenters. The van der Waals surface area contributed by atoms with Crippen molar-refractivity contribution in [1.29, 1.82) is 0 Å². The normalized spacial score (nSPS) is 24.1. The number of likely N-dealkylation sites (N-methyl/N-ethyl adjacent to an activating group) is 1. The van der Waals surface area contributed by atoms with E-state index in [0.29, 0.717) is 12.1 Å². The Morgan fingerprint density at radius 3 is 2.62 bits per heavy atom. The van der Waals surface area contributed by atoms with Gasteiger partial charge in [0.15, 0.2) is 0 Å². The highest BCUT2D eigenvalue weighted by atomic mass is 35.5. The van der Waals surface area contributed by atoms with Crippen LogP contribution in [0.15, 0.2) is 47.5 Å². The fourth-order valence-corrected chi connectivity index (χ4v) is 4.51. The Bertz CT molecular complexity index is 963. The minimum Gasteiger partial charge on any atom is -0.337 e. The van der Waals surface area contributed by atoms with Crippen LogP contribution in [-0.4, -0.2) is 57.2 Å². The van der Waals surface area contributed by atoms with Gasteiger partial charge in [0.1, 0.15) is 0 Å². The molecule has 1 heterocycles. The Balaban J connectivity index is 1.86. The summed E-state index contributed by atoms with van der Waals surface area (Å²) >= 11 is 12.3. The van der Waals surface area contributed by atoms with Crippen LogP contribution < -0.4 is 0 Å². The molecular formula is C21H24Cl2N4O5. The van der Waals surface area contributed by atoms with Crippen LogP contribution in [0.3, 0.4) is 0 Å². The molecule has 1 aliphatic carbocycles. The quantitative estimate of drug-likeness (QED) is 0.238. The van der Waals surface area contributed by atoms with Gasteiger partial charge in [-0.2, -0.15) is 0 Å². The van der Waals surface area contributed by atoms with Crippen molar-refractivity contribution in [2.24, 2.45) is 5.92 Å². The van der Waals surface area contributed by atoms with E-state index < -0.39 is 26.8 Å². The summed E-state index contributed by atoms with van der Waals surface area (Å²) in [5, 5.41) is 23.1. The first-order valence-corrected chi connectivity index (χ1v) is 11.0. The molecule has 3 rings (SSSR count). The number of nitro groups is 2. The maximum absolute atomic E-state index is 13.2. The Morgan fingerprint density at radius 2 is 2.00 bits per heavy atom. The van der Waals surface area contributed by atoms with E-state index >= 15 is 0 Å². The number of allylic oxidation sites excluding steroid dienone is 2. The second-order valence-electron chi connectivity index (χ2n) is 8.06. The van der Waals surface area contributed by atoms with Crippen LogP contribution in [0.1, 0.15) is 30.9 Å². The van der Waals surface area contributed by atoms with Crippen LogP contribution in [0.25, 0.3) is 0 Å². The molecule has 1 aliphatic heterocycles. The van der Waals surface area contributed by atoms with E-state index in [0.717, 1.165) is 25.9 Å². The van der Waals surface area contributed by atoms with Crippen molar-refractivity contribution in [1.82, 2.24) is 9.80 Å². The summed E-state index contributed by atoms with van der Waals surface area (Å²) in [5.74, 6) is -1.31. The van der Waals surface area contributed by atoms with Gasteiger partial charge in [0, 0.05) is 48.2 Å². The highest BCUT2D eigenvalue weighted by Gasteiger charge is 2.48. The number of amides is 1. The van der Waals surface area contributed by atoms with E-state index in [9.17, 15) is 25.0 Å². The fraction of sp³-hybridized carbons (Fsp3) is 0.476. The SMILES string of the molecule is CN(C(=O)CC1C=C(Cl)C=CC1(Cl)[N+](=O)[O-])[C@H](CN1CCCC1)c1cccc([N+](=O)[O-])c1. The van der Waals surface area contributed by atoms with E-state index in [1.807, 2.05) is 0 Å². The van der Waals surface area contributed by atoms with Crippen LogP contribution in [0.5, 0.6) is 0 Å². The molecule has 1 aromatic rings. The molecule has 0 radical (unpaired) electrons. The fourth-order valence-electron chi connectivity index (χ4n) is 4.10. The smallest absolute Gasteiger partial charge is 0.320 e. The molecule has 1 amide bonds. The number of halogens is 2. The lowest BCUT2D eigenvalue weighted by Gasteiger charge is -2.33. The predicted molar refractivity (Wildman–Crippen MR) is 121 cm³/mol. The molecule has 2 aliphatic rings. The molecule has 32 heavy (non-hydrogen) atoms. The number of hydrogen-bond acceptors (Lipinski definition) is 6. The van der Waals surface area contributed by atoms with Gasteiger partial charge < -0.3 is 9.80 Å². The number of hydrogen-bond donors (Lipinski definition) is 0. The number of nitro benzene ring substituents is 1. The minimum absolute atomic E-state index is 0.0602. The molecular weight excluding hydrogens is 459 g/mol. The molecule has 1 aromatic carbocycles. The lowest BCUT2D eigenvalue weighted by molar-refractivity contribution is -0.535. The maximum Gasteiger partial charge on any atom is 0.320 e. The summed E-state index contributed by atoms with van der Waals surface area (Å²) in [6, 6.07) is 5.75. The summed E-state index contributed by atoms with van der Waals surface area (Å²) in [5.41, 5.74) is 0.570. The van der Waals surface area contributed by atoms with Gasteiger partial charge in [-0.05, 0) is 49.2 Å². The predicted octanol–water partition coefficient (Wildman–Crippen LogP) is 4.10. The zero-order valence-corrected chi connectivity index (χ0v) is 19.0. The van der Waals surface area contributed by atoms with Crippen LogP contribution in [0, 0.1) is 26.1 Å². The number of non-ortho nitro benzene ring substituents is 1. The zero-order chi connectivity index (χ0) is 23.5.